The first-order chi connectivity index (χ1) is 8.72. The second-order valence-corrected chi connectivity index (χ2v) is 4.00. The van der Waals surface area contributed by atoms with E-state index in [-0.39, 0.29) is 5.91 Å². The Balaban J connectivity index is 2.21. The van der Waals surface area contributed by atoms with E-state index in [9.17, 15) is 4.79 Å². The third-order valence-electron chi connectivity index (χ3n) is 2.74. The van der Waals surface area contributed by atoms with Crippen LogP contribution in [0.2, 0.25) is 0 Å². The van der Waals surface area contributed by atoms with Gasteiger partial charge in [-0.05, 0) is 18.6 Å². The molecule has 1 aromatic rings. The summed E-state index contributed by atoms with van der Waals surface area (Å²) < 4.78 is 16.5. The third-order valence-corrected chi connectivity index (χ3v) is 2.74. The van der Waals surface area contributed by atoms with Crippen molar-refractivity contribution in [3.8, 4) is 17.2 Å². The highest BCUT2D eigenvalue weighted by Gasteiger charge is 2.19. The molecule has 0 saturated carbocycles. The van der Waals surface area contributed by atoms with Crippen LogP contribution < -0.4 is 19.5 Å². The van der Waals surface area contributed by atoms with Crippen molar-refractivity contribution in [3.05, 3.63) is 17.7 Å². The molecule has 1 heterocycles. The molecule has 5 nitrogen and oxygen atoms in total. The summed E-state index contributed by atoms with van der Waals surface area (Å²) in [5.74, 6) is 2.17. The topological polar surface area (TPSA) is 56.8 Å². The molecule has 2 rings (SSSR count). The minimum Gasteiger partial charge on any atom is -0.496 e. The molecule has 5 heteroatoms. The van der Waals surface area contributed by atoms with Crippen molar-refractivity contribution < 1.29 is 19.0 Å². The molecular formula is C13H17NO4. The fourth-order valence-electron chi connectivity index (χ4n) is 1.95. The molecule has 98 valence electrons. The summed E-state index contributed by atoms with van der Waals surface area (Å²) in [6.07, 6.45) is 0.648. The van der Waals surface area contributed by atoms with E-state index in [1.807, 2.05) is 12.1 Å². The fraction of sp³-hybridized carbons (Fsp3) is 0.462. The molecule has 0 bridgehead atoms. The van der Waals surface area contributed by atoms with Gasteiger partial charge in [0.25, 0.3) is 0 Å². The number of carbonyl (C=O) groups excluding carboxylic acids is 1. The summed E-state index contributed by atoms with van der Waals surface area (Å²) >= 11 is 0. The van der Waals surface area contributed by atoms with Gasteiger partial charge >= 0.3 is 0 Å². The summed E-state index contributed by atoms with van der Waals surface area (Å²) in [6.45, 7) is 3.14. The van der Waals surface area contributed by atoms with Crippen molar-refractivity contribution in [1.29, 1.82) is 0 Å². The number of hydrogen-bond acceptors (Lipinski definition) is 4. The minimum absolute atomic E-state index is 0.0454. The van der Waals surface area contributed by atoms with Gasteiger partial charge in [0.15, 0.2) is 11.5 Å². The van der Waals surface area contributed by atoms with E-state index >= 15 is 0 Å². The lowest BCUT2D eigenvalue weighted by atomic mass is 10.1. The van der Waals surface area contributed by atoms with Gasteiger partial charge in [0.05, 0.1) is 7.11 Å². The Hall–Kier alpha value is -1.91. The summed E-state index contributed by atoms with van der Waals surface area (Å²) in [6, 6.07) is 3.70. The van der Waals surface area contributed by atoms with E-state index < -0.39 is 0 Å². The Kier molecular flexibility index (Phi) is 3.92. The van der Waals surface area contributed by atoms with Crippen LogP contribution in [0.3, 0.4) is 0 Å². The van der Waals surface area contributed by atoms with Gasteiger partial charge in [-0.3, -0.25) is 4.79 Å². The lowest BCUT2D eigenvalue weighted by molar-refractivity contribution is -0.118. The predicted molar refractivity (Wildman–Crippen MR) is 66.4 cm³/mol. The maximum absolute atomic E-state index is 10.9. The molecule has 0 saturated heterocycles. The van der Waals surface area contributed by atoms with Crippen LogP contribution in [0, 0.1) is 0 Å². The Morgan fingerprint density at radius 3 is 2.89 bits per heavy atom. The Bertz CT molecular complexity index is 445. The highest BCUT2D eigenvalue weighted by atomic mass is 16.6. The maximum Gasteiger partial charge on any atom is 0.216 e. The number of carbonyl (C=O) groups is 1. The van der Waals surface area contributed by atoms with Crippen LogP contribution >= 0.6 is 0 Å². The van der Waals surface area contributed by atoms with Gasteiger partial charge in [0.2, 0.25) is 5.91 Å². The van der Waals surface area contributed by atoms with E-state index in [0.29, 0.717) is 26.2 Å². The molecule has 1 aromatic carbocycles. The monoisotopic (exact) mass is 251 g/mol. The molecule has 1 N–H and O–H groups in total. The van der Waals surface area contributed by atoms with Crippen LogP contribution in [0.1, 0.15) is 12.5 Å². The number of ether oxygens (including phenoxy) is 3. The SMILES string of the molecule is COc1ccc2c(c1CCNC(C)=O)OCCO2. The number of nitrogens with one attached hydrogen (secondary N) is 1. The zero-order chi connectivity index (χ0) is 13.0. The van der Waals surface area contributed by atoms with Crippen molar-refractivity contribution in [2.24, 2.45) is 0 Å². The van der Waals surface area contributed by atoms with Crippen LogP contribution in [0.4, 0.5) is 0 Å². The highest BCUT2D eigenvalue weighted by Crippen LogP contribution is 2.39. The van der Waals surface area contributed by atoms with Crippen LogP contribution in [-0.4, -0.2) is 32.8 Å². The fourth-order valence-corrected chi connectivity index (χ4v) is 1.95. The molecule has 0 radical (unpaired) electrons. The maximum atomic E-state index is 10.9. The van der Waals surface area contributed by atoms with Gasteiger partial charge in [0, 0.05) is 19.0 Å². The first-order valence-corrected chi connectivity index (χ1v) is 5.92. The first-order valence-electron chi connectivity index (χ1n) is 5.92. The zero-order valence-electron chi connectivity index (χ0n) is 10.6. The van der Waals surface area contributed by atoms with Crippen LogP contribution in [-0.2, 0) is 11.2 Å². The van der Waals surface area contributed by atoms with Gasteiger partial charge in [0.1, 0.15) is 19.0 Å². The highest BCUT2D eigenvalue weighted by molar-refractivity contribution is 5.72. The summed E-state index contributed by atoms with van der Waals surface area (Å²) in [7, 11) is 1.62. The van der Waals surface area contributed by atoms with Crippen molar-refractivity contribution in [3.63, 3.8) is 0 Å². The molecule has 0 spiro atoms. The molecule has 0 aromatic heterocycles. The van der Waals surface area contributed by atoms with Gasteiger partial charge in [-0.25, -0.2) is 0 Å². The number of hydrogen-bond donors (Lipinski definition) is 1. The van der Waals surface area contributed by atoms with Gasteiger partial charge < -0.3 is 19.5 Å². The smallest absolute Gasteiger partial charge is 0.216 e. The number of amides is 1. The molecule has 18 heavy (non-hydrogen) atoms. The molecule has 1 aliphatic heterocycles. The van der Waals surface area contributed by atoms with Crippen LogP contribution in [0.5, 0.6) is 17.2 Å². The molecular weight excluding hydrogens is 234 g/mol. The van der Waals surface area contributed by atoms with E-state index in [2.05, 4.69) is 5.32 Å². The molecule has 1 amide bonds. The van der Waals surface area contributed by atoms with E-state index in [4.69, 9.17) is 14.2 Å². The zero-order valence-corrected chi connectivity index (χ0v) is 10.6. The normalized spacial score (nSPS) is 13.0. The lowest BCUT2D eigenvalue weighted by Crippen LogP contribution is -2.23. The second kappa shape index (κ2) is 5.62. The Morgan fingerprint density at radius 2 is 2.17 bits per heavy atom. The van der Waals surface area contributed by atoms with Crippen molar-refractivity contribution in [1.82, 2.24) is 5.32 Å². The average molecular weight is 251 g/mol. The van der Waals surface area contributed by atoms with Crippen LogP contribution in [0.25, 0.3) is 0 Å². The first kappa shape index (κ1) is 12.5. The number of benzene rings is 1. The predicted octanol–water partition coefficient (Wildman–Crippen LogP) is 1.15. The summed E-state index contributed by atoms with van der Waals surface area (Å²) in [4.78, 5) is 10.9. The summed E-state index contributed by atoms with van der Waals surface area (Å²) in [5, 5.41) is 2.76. The van der Waals surface area contributed by atoms with Crippen molar-refractivity contribution in [2.45, 2.75) is 13.3 Å². The van der Waals surface area contributed by atoms with E-state index in [1.54, 1.807) is 7.11 Å². The van der Waals surface area contributed by atoms with Gasteiger partial charge in [-0.1, -0.05) is 0 Å². The van der Waals surface area contributed by atoms with E-state index in [1.165, 1.54) is 6.92 Å². The standard InChI is InChI=1S/C13H17NO4/c1-9(15)14-6-5-10-11(16-2)3-4-12-13(10)18-8-7-17-12/h3-4H,5-8H2,1-2H3,(H,14,15). The molecule has 0 atom stereocenters. The Morgan fingerprint density at radius 1 is 1.39 bits per heavy atom. The lowest BCUT2D eigenvalue weighted by Gasteiger charge is -2.22. The summed E-state index contributed by atoms with van der Waals surface area (Å²) in [5.41, 5.74) is 0.934. The largest absolute Gasteiger partial charge is 0.496 e. The quantitative estimate of drug-likeness (QED) is 0.872. The number of fused-ring (bicyclic) bond motifs is 1. The Labute approximate surface area is 106 Å². The average Bonchev–Trinajstić information content (AvgIpc) is 2.38. The van der Waals surface area contributed by atoms with Crippen LogP contribution in [0.15, 0.2) is 12.1 Å². The minimum atomic E-state index is -0.0454. The van der Waals surface area contributed by atoms with E-state index in [0.717, 1.165) is 22.8 Å². The van der Waals surface area contributed by atoms with Gasteiger partial charge in [-0.15, -0.1) is 0 Å². The van der Waals surface area contributed by atoms with Gasteiger partial charge in [-0.2, -0.15) is 0 Å². The third kappa shape index (κ3) is 2.67. The molecule has 0 fully saturated rings. The number of methoxy groups -OCH3 is 1. The van der Waals surface area contributed by atoms with Crippen molar-refractivity contribution >= 4 is 5.91 Å². The number of rotatable bonds is 4. The second-order valence-electron chi connectivity index (χ2n) is 4.00. The molecule has 0 unspecified atom stereocenters. The molecule has 1 aliphatic rings. The van der Waals surface area contributed by atoms with Crippen molar-refractivity contribution in [2.75, 3.05) is 26.9 Å². The molecule has 0 aliphatic carbocycles.